The Morgan fingerprint density at radius 3 is 3.00 bits per heavy atom. The summed E-state index contributed by atoms with van der Waals surface area (Å²) < 4.78 is 7.75. The molecule has 2 heterocycles. The number of carbonyl (C=O) groups is 1. The fraction of sp³-hybridized carbons (Fsp3) is 0.667. The van der Waals surface area contributed by atoms with Crippen LogP contribution in [0.1, 0.15) is 48.9 Å². The molecule has 1 aromatic rings. The molecule has 2 fully saturated rings. The van der Waals surface area contributed by atoms with Gasteiger partial charge in [0.2, 0.25) is 0 Å². The smallest absolute Gasteiger partial charge is 0.167 e. The van der Waals surface area contributed by atoms with Gasteiger partial charge in [-0.3, -0.25) is 4.79 Å². The number of rotatable bonds is 6. The van der Waals surface area contributed by atoms with Gasteiger partial charge in [0, 0.05) is 37.0 Å². The Morgan fingerprint density at radius 1 is 1.39 bits per heavy atom. The Labute approximate surface area is 108 Å². The highest BCUT2D eigenvalue weighted by Gasteiger charge is 2.30. The first kappa shape index (κ1) is 12.0. The summed E-state index contributed by atoms with van der Waals surface area (Å²) in [5.74, 6) is 0.667. The van der Waals surface area contributed by atoms with E-state index in [1.54, 1.807) is 0 Å². The second-order valence-electron chi connectivity index (χ2n) is 5.55. The molecule has 3 rings (SSSR count). The Kier molecular flexibility index (Phi) is 3.50. The first-order valence-electron chi connectivity index (χ1n) is 7.14. The van der Waals surface area contributed by atoms with E-state index in [1.807, 2.05) is 18.5 Å². The Hall–Kier alpha value is -1.09. The van der Waals surface area contributed by atoms with Crippen LogP contribution in [0.4, 0.5) is 0 Å². The van der Waals surface area contributed by atoms with Gasteiger partial charge >= 0.3 is 0 Å². The zero-order valence-corrected chi connectivity index (χ0v) is 10.8. The lowest BCUT2D eigenvalue weighted by Gasteiger charge is -2.09. The molecule has 0 radical (unpaired) electrons. The van der Waals surface area contributed by atoms with Crippen molar-refractivity contribution in [1.29, 1.82) is 0 Å². The summed E-state index contributed by atoms with van der Waals surface area (Å²) in [5.41, 5.74) is 0.898. The normalized spacial score (nSPS) is 23.4. The minimum absolute atomic E-state index is 0.327. The lowest BCUT2D eigenvalue weighted by molar-refractivity contribution is 0.0966. The van der Waals surface area contributed by atoms with Crippen molar-refractivity contribution in [2.75, 3.05) is 6.61 Å². The molecule has 1 saturated heterocycles. The second-order valence-corrected chi connectivity index (χ2v) is 5.55. The standard InChI is InChI=1S/C15H21NO2/c17-15(12-5-6-12)13-7-9-16(11-13)8-1-3-14-4-2-10-18-14/h7,9,11-12,14H,1-6,8,10H2. The van der Waals surface area contributed by atoms with Crippen LogP contribution in [0.15, 0.2) is 18.5 Å². The van der Waals surface area contributed by atoms with E-state index in [2.05, 4.69) is 4.57 Å². The average molecular weight is 247 g/mol. The Morgan fingerprint density at radius 2 is 2.28 bits per heavy atom. The zero-order chi connectivity index (χ0) is 12.4. The largest absolute Gasteiger partial charge is 0.378 e. The number of ketones is 1. The monoisotopic (exact) mass is 247 g/mol. The highest BCUT2D eigenvalue weighted by Crippen LogP contribution is 2.32. The third-order valence-electron chi connectivity index (χ3n) is 3.95. The van der Waals surface area contributed by atoms with Crippen molar-refractivity contribution >= 4 is 5.78 Å². The van der Waals surface area contributed by atoms with Crippen molar-refractivity contribution in [1.82, 2.24) is 4.57 Å². The third-order valence-corrected chi connectivity index (χ3v) is 3.95. The van der Waals surface area contributed by atoms with Gasteiger partial charge in [0.15, 0.2) is 5.78 Å². The lowest BCUT2D eigenvalue weighted by Crippen LogP contribution is -2.06. The minimum atomic E-state index is 0.327. The summed E-state index contributed by atoms with van der Waals surface area (Å²) in [4.78, 5) is 11.9. The molecule has 1 aliphatic carbocycles. The second kappa shape index (κ2) is 5.27. The number of aryl methyl sites for hydroxylation is 1. The van der Waals surface area contributed by atoms with Gasteiger partial charge in [0.05, 0.1) is 6.10 Å². The van der Waals surface area contributed by atoms with E-state index in [0.717, 1.165) is 44.4 Å². The molecule has 0 spiro atoms. The van der Waals surface area contributed by atoms with Crippen molar-refractivity contribution in [2.24, 2.45) is 5.92 Å². The summed E-state index contributed by atoms with van der Waals surface area (Å²) in [7, 11) is 0. The van der Waals surface area contributed by atoms with Gasteiger partial charge in [0.1, 0.15) is 0 Å². The number of ether oxygens (including phenoxy) is 1. The SMILES string of the molecule is O=C(c1ccn(CCCC2CCCO2)c1)C1CC1. The van der Waals surface area contributed by atoms with Crippen LogP contribution in [0.2, 0.25) is 0 Å². The molecule has 0 amide bonds. The maximum atomic E-state index is 11.9. The highest BCUT2D eigenvalue weighted by molar-refractivity contribution is 5.99. The van der Waals surface area contributed by atoms with Crippen LogP contribution in [0, 0.1) is 5.92 Å². The van der Waals surface area contributed by atoms with E-state index in [0.29, 0.717) is 17.8 Å². The van der Waals surface area contributed by atoms with E-state index in [-0.39, 0.29) is 0 Å². The summed E-state index contributed by atoms with van der Waals surface area (Å²) >= 11 is 0. The third kappa shape index (κ3) is 2.83. The summed E-state index contributed by atoms with van der Waals surface area (Å²) in [5, 5.41) is 0. The molecule has 0 aromatic carbocycles. The molecule has 0 N–H and O–H groups in total. The van der Waals surface area contributed by atoms with Gasteiger partial charge in [-0.25, -0.2) is 0 Å². The van der Waals surface area contributed by atoms with Crippen LogP contribution < -0.4 is 0 Å². The molecule has 1 aliphatic heterocycles. The van der Waals surface area contributed by atoms with Gasteiger partial charge in [-0.05, 0) is 44.6 Å². The molecule has 3 nitrogen and oxygen atoms in total. The number of carbonyl (C=O) groups excluding carboxylic acids is 1. The van der Waals surface area contributed by atoms with Crippen LogP contribution in [0.3, 0.4) is 0 Å². The van der Waals surface area contributed by atoms with Crippen molar-refractivity contribution in [3.05, 3.63) is 24.0 Å². The fourth-order valence-corrected chi connectivity index (χ4v) is 2.68. The molecule has 1 unspecified atom stereocenters. The van der Waals surface area contributed by atoms with Crippen molar-refractivity contribution in [3.8, 4) is 0 Å². The Balaban J connectivity index is 1.46. The first-order valence-corrected chi connectivity index (χ1v) is 7.14. The topological polar surface area (TPSA) is 31.2 Å². The van der Waals surface area contributed by atoms with Crippen LogP contribution in [0.5, 0.6) is 0 Å². The summed E-state index contributed by atoms with van der Waals surface area (Å²) in [6, 6.07) is 1.97. The number of Topliss-reactive ketones (excluding diaryl/α,β-unsaturated/α-hetero) is 1. The van der Waals surface area contributed by atoms with Gasteiger partial charge in [0.25, 0.3) is 0 Å². The first-order chi connectivity index (χ1) is 8.83. The van der Waals surface area contributed by atoms with E-state index >= 15 is 0 Å². The number of hydrogen-bond donors (Lipinski definition) is 0. The van der Waals surface area contributed by atoms with E-state index in [9.17, 15) is 4.79 Å². The van der Waals surface area contributed by atoms with E-state index in [1.165, 1.54) is 12.8 Å². The quantitative estimate of drug-likeness (QED) is 0.723. The number of aromatic nitrogens is 1. The predicted octanol–water partition coefficient (Wildman–Crippen LogP) is 3.04. The van der Waals surface area contributed by atoms with Crippen LogP contribution in [0.25, 0.3) is 0 Å². The van der Waals surface area contributed by atoms with Crippen molar-refractivity contribution in [3.63, 3.8) is 0 Å². The predicted molar refractivity (Wildman–Crippen MR) is 69.7 cm³/mol. The van der Waals surface area contributed by atoms with Gasteiger partial charge in [-0.2, -0.15) is 0 Å². The minimum Gasteiger partial charge on any atom is -0.378 e. The van der Waals surface area contributed by atoms with E-state index in [4.69, 9.17) is 4.74 Å². The highest BCUT2D eigenvalue weighted by atomic mass is 16.5. The molecule has 98 valence electrons. The Bertz CT molecular complexity index is 414. The maximum Gasteiger partial charge on any atom is 0.167 e. The molecule has 2 aliphatic rings. The molecule has 0 bridgehead atoms. The van der Waals surface area contributed by atoms with Crippen LogP contribution in [-0.2, 0) is 11.3 Å². The molecular weight excluding hydrogens is 226 g/mol. The van der Waals surface area contributed by atoms with Gasteiger partial charge in [-0.1, -0.05) is 0 Å². The summed E-state index contributed by atoms with van der Waals surface area (Å²) in [6.07, 6.45) is 11.4. The van der Waals surface area contributed by atoms with Gasteiger partial charge in [-0.15, -0.1) is 0 Å². The molecular formula is C15H21NO2. The molecule has 1 saturated carbocycles. The summed E-state index contributed by atoms with van der Waals surface area (Å²) in [6.45, 7) is 1.94. The lowest BCUT2D eigenvalue weighted by atomic mass is 10.1. The van der Waals surface area contributed by atoms with Crippen LogP contribution in [-0.4, -0.2) is 23.1 Å². The van der Waals surface area contributed by atoms with Gasteiger partial charge < -0.3 is 9.30 Å². The number of nitrogens with zero attached hydrogens (tertiary/aromatic N) is 1. The molecule has 18 heavy (non-hydrogen) atoms. The van der Waals surface area contributed by atoms with Crippen LogP contribution >= 0.6 is 0 Å². The molecule has 1 aromatic heterocycles. The van der Waals surface area contributed by atoms with E-state index < -0.39 is 0 Å². The fourth-order valence-electron chi connectivity index (χ4n) is 2.68. The molecule has 3 heteroatoms. The zero-order valence-electron chi connectivity index (χ0n) is 10.8. The molecule has 1 atom stereocenters. The average Bonchev–Trinajstić information content (AvgIpc) is 2.90. The van der Waals surface area contributed by atoms with Crippen molar-refractivity contribution in [2.45, 2.75) is 51.2 Å². The van der Waals surface area contributed by atoms with Crippen molar-refractivity contribution < 1.29 is 9.53 Å². The number of hydrogen-bond acceptors (Lipinski definition) is 2. The maximum absolute atomic E-state index is 11.9.